The van der Waals surface area contributed by atoms with E-state index < -0.39 is 14.3 Å². The lowest BCUT2D eigenvalue weighted by Crippen LogP contribution is -2.26. The van der Waals surface area contributed by atoms with Gasteiger partial charge >= 0.3 is 0 Å². The van der Waals surface area contributed by atoms with Gasteiger partial charge in [0, 0.05) is 0 Å². The maximum absolute atomic E-state index is 2.59. The van der Waals surface area contributed by atoms with Crippen molar-refractivity contribution in [3.05, 3.63) is 0 Å². The number of hydrogen-bond donors (Lipinski definition) is 0. The zero-order valence-corrected chi connectivity index (χ0v) is 17.1. The van der Waals surface area contributed by atoms with E-state index in [4.69, 9.17) is 0 Å². The number of rotatable bonds is 5. The van der Waals surface area contributed by atoms with Gasteiger partial charge in [-0.2, -0.15) is 0 Å². The van der Waals surface area contributed by atoms with E-state index in [0.717, 1.165) is 0 Å². The smallest absolute Gasteiger partial charge is 0.0828 e. The van der Waals surface area contributed by atoms with Gasteiger partial charge in [-0.3, -0.25) is 0 Å². The van der Waals surface area contributed by atoms with E-state index in [-0.39, 0.29) is 7.16 Å². The summed E-state index contributed by atoms with van der Waals surface area (Å²) in [7, 11) is 1.12. The molecule has 0 N–H and O–H groups in total. The van der Waals surface area contributed by atoms with Gasteiger partial charge in [-0.1, -0.05) is 82.4 Å². The highest BCUT2D eigenvalue weighted by molar-refractivity contribution is 8.49. The summed E-state index contributed by atoms with van der Waals surface area (Å²) < 4.78 is 0. The minimum Gasteiger partial charge on any atom is -0.0844 e. The van der Waals surface area contributed by atoms with Crippen LogP contribution in [0.3, 0.4) is 0 Å². The molecule has 0 spiro atoms. The monoisotopic (exact) mass is 310 g/mol. The second-order valence-electron chi connectivity index (χ2n) is 6.79. The van der Waals surface area contributed by atoms with Crippen LogP contribution in [-0.4, -0.2) is 31.4 Å². The van der Waals surface area contributed by atoms with Crippen molar-refractivity contribution in [3.8, 4) is 0 Å². The predicted octanol–water partition coefficient (Wildman–Crippen LogP) is 6.96. The molecular formula is C13H33P3Si. The Balaban J connectivity index is 5.59. The molecule has 0 aliphatic carbocycles. The molecule has 0 aromatic heterocycles. The van der Waals surface area contributed by atoms with Crippen LogP contribution in [0.4, 0.5) is 0 Å². The van der Waals surface area contributed by atoms with E-state index >= 15 is 0 Å². The van der Waals surface area contributed by atoms with Crippen molar-refractivity contribution in [2.24, 2.45) is 0 Å². The Morgan fingerprint density at radius 1 is 0.941 bits per heavy atom. The van der Waals surface area contributed by atoms with Gasteiger partial charge in [0.1, 0.15) is 0 Å². The maximum Gasteiger partial charge on any atom is 0.0828 e. The first kappa shape index (κ1) is 18.4. The molecule has 0 saturated carbocycles. The average Bonchev–Trinajstić information content (AvgIpc) is 2.17. The van der Waals surface area contributed by atoms with E-state index in [9.17, 15) is 0 Å². The Labute approximate surface area is 114 Å². The molecule has 104 valence electrons. The molecule has 0 amide bonds. The van der Waals surface area contributed by atoms with Crippen molar-refractivity contribution in [1.82, 2.24) is 0 Å². The van der Waals surface area contributed by atoms with Crippen LogP contribution in [0.1, 0.15) is 41.5 Å². The van der Waals surface area contributed by atoms with Crippen LogP contribution < -0.4 is 0 Å². The largest absolute Gasteiger partial charge is 0.0844 e. The molecule has 0 bridgehead atoms. The van der Waals surface area contributed by atoms with Gasteiger partial charge < -0.3 is 0 Å². The average molecular weight is 310 g/mol. The molecule has 0 aliphatic heterocycles. The quantitative estimate of drug-likeness (QED) is 0.380. The van der Waals surface area contributed by atoms with E-state index in [2.05, 4.69) is 61.2 Å². The maximum atomic E-state index is 2.59. The Kier molecular flexibility index (Phi) is 7.24. The van der Waals surface area contributed by atoms with E-state index in [1.807, 2.05) is 7.56 Å². The highest BCUT2D eigenvalue weighted by Crippen LogP contribution is 2.76. The highest BCUT2D eigenvalue weighted by Gasteiger charge is 2.36. The summed E-state index contributed by atoms with van der Waals surface area (Å²) in [5.74, 6) is 0. The van der Waals surface area contributed by atoms with Crippen LogP contribution in [-0.2, 0) is 0 Å². The third kappa shape index (κ3) is 5.48. The Bertz CT molecular complexity index is 251. The molecule has 0 aromatic carbocycles. The van der Waals surface area contributed by atoms with Crippen molar-refractivity contribution in [3.63, 3.8) is 0 Å². The van der Waals surface area contributed by atoms with Crippen molar-refractivity contribution in [2.75, 3.05) is 18.5 Å². The molecule has 0 rings (SSSR count). The summed E-state index contributed by atoms with van der Waals surface area (Å²) >= 11 is 0. The van der Waals surface area contributed by atoms with Gasteiger partial charge in [-0.25, -0.2) is 0 Å². The summed E-state index contributed by atoms with van der Waals surface area (Å²) in [6.45, 7) is 21.9. The predicted molar refractivity (Wildman–Crippen MR) is 95.5 cm³/mol. The molecule has 0 aliphatic rings. The summed E-state index contributed by atoms with van der Waals surface area (Å²) in [5, 5.41) is 0.548. The van der Waals surface area contributed by atoms with Gasteiger partial charge in [0.05, 0.1) is 7.74 Å². The molecule has 1 atom stereocenters. The first-order valence-corrected chi connectivity index (χ1v) is 17.3. The lowest BCUT2D eigenvalue weighted by Gasteiger charge is -2.40. The molecule has 0 nitrogen and oxygen atoms in total. The van der Waals surface area contributed by atoms with Crippen LogP contribution in [0.5, 0.6) is 0 Å². The minimum absolute atomic E-state index is 0.212. The van der Waals surface area contributed by atoms with Gasteiger partial charge in [0.25, 0.3) is 0 Å². The molecule has 0 saturated heterocycles. The van der Waals surface area contributed by atoms with E-state index in [1.54, 1.807) is 0 Å². The molecular weight excluding hydrogens is 277 g/mol. The molecule has 0 radical (unpaired) electrons. The van der Waals surface area contributed by atoms with E-state index in [1.165, 1.54) is 18.5 Å². The molecule has 4 heteroatoms. The normalized spacial score (nSPS) is 16.3. The van der Waals surface area contributed by atoms with Crippen molar-refractivity contribution >= 4 is 29.0 Å². The SMILES string of the molecule is CCP(CC)(CC)=PP(C(C)(C)C)[Si](C)(C)C. The van der Waals surface area contributed by atoms with Crippen LogP contribution >= 0.6 is 21.3 Å². The Hall–Kier alpha value is 1.38. The minimum atomic E-state index is -1.00. The summed E-state index contributed by atoms with van der Waals surface area (Å²) in [6.07, 6.45) is 4.38. The summed E-state index contributed by atoms with van der Waals surface area (Å²) in [5.41, 5.74) is 0. The third-order valence-electron chi connectivity index (χ3n) is 3.32. The van der Waals surface area contributed by atoms with Crippen LogP contribution in [0.25, 0.3) is 0 Å². The van der Waals surface area contributed by atoms with Crippen molar-refractivity contribution < 1.29 is 0 Å². The fourth-order valence-electron chi connectivity index (χ4n) is 2.32. The van der Waals surface area contributed by atoms with Crippen molar-refractivity contribution in [1.29, 1.82) is 0 Å². The van der Waals surface area contributed by atoms with Gasteiger partial charge in [-0.05, 0) is 23.6 Å². The molecule has 1 unspecified atom stereocenters. The van der Waals surface area contributed by atoms with Crippen LogP contribution in [0, 0.1) is 0 Å². The first-order chi connectivity index (χ1) is 7.52. The zero-order chi connectivity index (χ0) is 13.9. The summed E-state index contributed by atoms with van der Waals surface area (Å²) in [4.78, 5) is 0. The third-order valence-corrected chi connectivity index (χ3v) is 34.6. The Morgan fingerprint density at radius 3 is 1.47 bits per heavy atom. The lowest BCUT2D eigenvalue weighted by atomic mass is 10.3. The molecule has 17 heavy (non-hydrogen) atoms. The second kappa shape index (κ2) is 6.70. The van der Waals surface area contributed by atoms with Crippen LogP contribution in [0.2, 0.25) is 19.6 Å². The number of hydrogen-bond acceptors (Lipinski definition) is 0. The molecule has 0 aromatic rings. The second-order valence-corrected chi connectivity index (χ2v) is 29.7. The fourth-order valence-corrected chi connectivity index (χ4v) is 40.9. The lowest BCUT2D eigenvalue weighted by molar-refractivity contribution is 0.798. The topological polar surface area (TPSA) is 0 Å². The van der Waals surface area contributed by atoms with E-state index in [0.29, 0.717) is 5.16 Å². The van der Waals surface area contributed by atoms with Gasteiger partial charge in [0.2, 0.25) is 0 Å². The summed E-state index contributed by atoms with van der Waals surface area (Å²) in [6, 6.07) is 0. The van der Waals surface area contributed by atoms with Crippen molar-refractivity contribution in [2.45, 2.75) is 66.3 Å². The zero-order valence-electron chi connectivity index (χ0n) is 13.5. The standard InChI is InChI=1S/C13H33P3Si/c1-10-16(11-2,12-3)14-15(13(4,5)6)17(7,8)9/h10-12H2,1-9H3. The molecule has 0 fully saturated rings. The van der Waals surface area contributed by atoms with Crippen LogP contribution in [0.15, 0.2) is 0 Å². The highest BCUT2D eigenvalue weighted by atomic mass is 32.3. The first-order valence-electron chi connectivity index (χ1n) is 6.92. The van der Waals surface area contributed by atoms with Gasteiger partial charge in [-0.15, -0.1) is 0 Å². The molecule has 0 heterocycles. The Morgan fingerprint density at radius 2 is 1.29 bits per heavy atom. The van der Waals surface area contributed by atoms with Gasteiger partial charge in [0.15, 0.2) is 0 Å². The fraction of sp³-hybridized carbons (Fsp3) is 1.00.